The van der Waals surface area contributed by atoms with E-state index in [1.165, 1.54) is 6.92 Å². The summed E-state index contributed by atoms with van der Waals surface area (Å²) in [6, 6.07) is 0. The molecule has 0 aliphatic heterocycles. The predicted octanol–water partition coefficient (Wildman–Crippen LogP) is 1.74. The van der Waals surface area contributed by atoms with Crippen LogP contribution in [0.25, 0.3) is 0 Å². The molecule has 0 aliphatic carbocycles. The van der Waals surface area contributed by atoms with Crippen LogP contribution in [0.1, 0.15) is 6.92 Å². The molecule has 0 heterocycles. The third-order valence-electron chi connectivity index (χ3n) is 0.453. The number of rotatable bonds is 3. The van der Waals surface area contributed by atoms with Crippen LogP contribution in [-0.4, -0.2) is 27.6 Å². The Balaban J connectivity index is 3.59. The maximum absolute atomic E-state index is 9.91. The summed E-state index contributed by atoms with van der Waals surface area (Å²) in [5.41, 5.74) is 0. The average molecular weight is 307 g/mol. The second-order valence-corrected chi connectivity index (χ2v) is 15.9. The van der Waals surface area contributed by atoms with Crippen molar-refractivity contribution in [2.45, 2.75) is 13.0 Å². The minimum atomic E-state index is -3.52. The minimum absolute atomic E-state index is 0.591. The zero-order valence-electron chi connectivity index (χ0n) is 4.51. The quantitative estimate of drug-likeness (QED) is 0.586. The van der Waals surface area contributed by atoms with Gasteiger partial charge in [0.15, 0.2) is 0 Å². The van der Waals surface area contributed by atoms with Gasteiger partial charge in [0.25, 0.3) is 0 Å². The molecule has 0 spiro atoms. The summed E-state index contributed by atoms with van der Waals surface area (Å²) < 4.78 is 4.71. The van der Waals surface area contributed by atoms with Crippen molar-refractivity contribution in [3.8, 4) is 0 Å². The van der Waals surface area contributed by atoms with Gasteiger partial charge in [0, 0.05) is 0 Å². The van der Waals surface area contributed by atoms with E-state index in [1.54, 1.807) is 0 Å². The molecule has 0 saturated heterocycles. The van der Waals surface area contributed by atoms with Crippen LogP contribution >= 0.6 is 26.9 Å². The van der Waals surface area contributed by atoms with E-state index < -0.39 is 21.3 Å². The summed E-state index contributed by atoms with van der Waals surface area (Å²) in [5.74, 6) is 0. The first-order chi connectivity index (χ1) is 3.95. The topological polar surface area (TPSA) is 26.3 Å². The van der Waals surface area contributed by atoms with E-state index in [-0.39, 0.29) is 0 Å². The maximum atomic E-state index is 9.91. The van der Waals surface area contributed by atoms with E-state index in [2.05, 4.69) is 0 Å². The van der Waals surface area contributed by atoms with Gasteiger partial charge in [-0.15, -0.1) is 0 Å². The van der Waals surface area contributed by atoms with Crippen molar-refractivity contribution in [3.63, 3.8) is 0 Å². The number of aldehydes is 1. The van der Waals surface area contributed by atoms with E-state index in [1.807, 2.05) is 0 Å². The van der Waals surface area contributed by atoms with Crippen molar-refractivity contribution in [1.82, 2.24) is 0 Å². The monoisotopic (exact) mass is 308 g/mol. The molecule has 0 fully saturated rings. The zero-order valence-corrected chi connectivity index (χ0v) is 9.11. The molecule has 0 aromatic heterocycles. The molecule has 0 aliphatic rings. The molecule has 0 amide bonds. The van der Waals surface area contributed by atoms with Crippen molar-refractivity contribution in [2.24, 2.45) is 0 Å². The fourth-order valence-corrected chi connectivity index (χ4v) is 3.62. The van der Waals surface area contributed by atoms with Crippen molar-refractivity contribution in [1.29, 1.82) is 0 Å². The normalized spacial score (nSPS) is 16.9. The Kier molecular flexibility index (Phi) is 4.83. The van der Waals surface area contributed by atoms with Crippen molar-refractivity contribution >= 4 is 48.4 Å². The molecule has 1 atom stereocenters. The number of carbonyl (C=O) groups is 1. The van der Waals surface area contributed by atoms with E-state index in [9.17, 15) is 4.79 Å². The third kappa shape index (κ3) is 7.18. The van der Waals surface area contributed by atoms with E-state index in [4.69, 9.17) is 30.0 Å². The van der Waals surface area contributed by atoms with Gasteiger partial charge in [-0.2, -0.15) is 0 Å². The van der Waals surface area contributed by atoms with Crippen molar-refractivity contribution in [3.05, 3.63) is 0 Å². The predicted molar refractivity (Wildman–Crippen MR) is 39.9 cm³/mol. The molecule has 0 rings (SSSR count). The fourth-order valence-electron chi connectivity index (χ4n) is 0.195. The molecule has 6 heteroatoms. The van der Waals surface area contributed by atoms with Gasteiger partial charge >= 0.3 is 69.3 Å². The number of halogens is 3. The molecule has 0 bridgehead atoms. The van der Waals surface area contributed by atoms with Crippen LogP contribution in [0.3, 0.4) is 0 Å². The van der Waals surface area contributed by atoms with Crippen molar-refractivity contribution in [2.75, 3.05) is 0 Å². The van der Waals surface area contributed by atoms with Crippen LogP contribution in [0, 0.1) is 0 Å². The van der Waals surface area contributed by atoms with Crippen LogP contribution in [0.15, 0.2) is 0 Å². The summed E-state index contributed by atoms with van der Waals surface area (Å²) in [6.07, 6.45) is -0.00738. The molecule has 0 radical (unpaired) electrons. The molecule has 9 heavy (non-hydrogen) atoms. The van der Waals surface area contributed by atoms with Gasteiger partial charge in [-0.3, -0.25) is 0 Å². The molecule has 56 valence electrons. The van der Waals surface area contributed by atoms with Gasteiger partial charge in [0.1, 0.15) is 0 Å². The van der Waals surface area contributed by atoms with E-state index in [0.717, 1.165) is 0 Å². The van der Waals surface area contributed by atoms with Crippen LogP contribution in [-0.2, 0) is 7.90 Å². The molecule has 0 N–H and O–H groups in total. The Morgan fingerprint density at radius 2 is 2.00 bits per heavy atom. The molecule has 0 saturated carbocycles. The summed E-state index contributed by atoms with van der Waals surface area (Å²) in [7, 11) is 16.0. The van der Waals surface area contributed by atoms with Gasteiger partial charge in [-0.25, -0.2) is 0 Å². The summed E-state index contributed by atoms with van der Waals surface area (Å²) in [6.45, 7) is 1.53. The summed E-state index contributed by atoms with van der Waals surface area (Å²) in [4.78, 5) is 9.91. The molecular formula is C3H5Cl3O2Te. The van der Waals surface area contributed by atoms with Gasteiger partial charge < -0.3 is 0 Å². The van der Waals surface area contributed by atoms with Crippen LogP contribution < -0.4 is 0 Å². The number of carbonyl (C=O) groups excluding carboxylic acids is 1. The van der Waals surface area contributed by atoms with Crippen LogP contribution in [0.4, 0.5) is 0 Å². The standard InChI is InChI=1S/C3H5Cl3O2Te/c1-3(2-7)8-9(4,5)6/h2-3H,1H3. The Hall–Kier alpha value is 1.29. The SMILES string of the molecule is CC(C=O)O[Te](Cl)(Cl)Cl. The third-order valence-corrected chi connectivity index (χ3v) is 3.41. The van der Waals surface area contributed by atoms with Gasteiger partial charge in [0.2, 0.25) is 0 Å². The Labute approximate surface area is 69.0 Å². The number of hydrogen-bond donors (Lipinski definition) is 0. The molecule has 0 aromatic rings. The van der Waals surface area contributed by atoms with Gasteiger partial charge in [0.05, 0.1) is 0 Å². The number of hydrogen-bond acceptors (Lipinski definition) is 2. The Bertz CT molecular complexity index is 102. The second kappa shape index (κ2) is 4.23. The second-order valence-electron chi connectivity index (χ2n) is 1.30. The zero-order chi connectivity index (χ0) is 7.49. The van der Waals surface area contributed by atoms with Gasteiger partial charge in [-0.1, -0.05) is 0 Å². The van der Waals surface area contributed by atoms with E-state index >= 15 is 0 Å². The molecule has 0 aromatic carbocycles. The fraction of sp³-hybridized carbons (Fsp3) is 0.667. The summed E-state index contributed by atoms with van der Waals surface area (Å²) in [5, 5.41) is 0. The average Bonchev–Trinajstić information content (AvgIpc) is 1.62. The molecular weight excluding hydrogens is 302 g/mol. The van der Waals surface area contributed by atoms with E-state index in [0.29, 0.717) is 6.29 Å². The molecule has 1 unspecified atom stereocenters. The summed E-state index contributed by atoms with van der Waals surface area (Å²) >= 11 is -3.52. The Morgan fingerprint density at radius 3 is 2.11 bits per heavy atom. The first-order valence-electron chi connectivity index (χ1n) is 2.01. The van der Waals surface area contributed by atoms with Crippen LogP contribution in [0.5, 0.6) is 0 Å². The van der Waals surface area contributed by atoms with Crippen molar-refractivity contribution < 1.29 is 7.90 Å². The van der Waals surface area contributed by atoms with Crippen LogP contribution in [0.2, 0.25) is 0 Å². The van der Waals surface area contributed by atoms with Gasteiger partial charge in [-0.05, 0) is 0 Å². The Morgan fingerprint density at radius 1 is 1.56 bits per heavy atom. The first-order valence-corrected chi connectivity index (χ1v) is 11.8. The first kappa shape index (κ1) is 10.3. The molecule has 2 nitrogen and oxygen atoms in total.